The average molecular weight is 288 g/mol. The second kappa shape index (κ2) is 5.58. The van der Waals surface area contributed by atoms with E-state index in [1.165, 1.54) is 11.6 Å². The van der Waals surface area contributed by atoms with E-state index in [4.69, 9.17) is 0 Å². The molecule has 1 unspecified atom stereocenters. The number of imidazole rings is 1. The zero-order chi connectivity index (χ0) is 13.4. The Balaban J connectivity index is 0.00000180. The van der Waals surface area contributed by atoms with Crippen molar-refractivity contribution in [3.8, 4) is 0 Å². The molecule has 0 radical (unpaired) electrons. The maximum atomic E-state index is 12.1. The second-order valence-corrected chi connectivity index (χ2v) is 4.67. The summed E-state index contributed by atoms with van der Waals surface area (Å²) in [6.45, 7) is 3.52. The first-order valence-electron chi connectivity index (χ1n) is 5.87. The van der Waals surface area contributed by atoms with Gasteiger partial charge in [-0.2, -0.15) is 0 Å². The largest absolute Gasteiger partial charge is 1.00 e. The third kappa shape index (κ3) is 2.43. The van der Waals surface area contributed by atoms with Crippen LogP contribution in [-0.4, -0.2) is 25.2 Å². The van der Waals surface area contributed by atoms with Gasteiger partial charge in [0.05, 0.1) is 12.9 Å². The smallest absolute Gasteiger partial charge is 0.332 e. The molecule has 8 heteroatoms. The molecule has 0 saturated heterocycles. The molecule has 0 aromatic carbocycles. The molecule has 0 aliphatic rings. The fraction of sp³-hybridized carbons (Fsp3) is 0.545. The third-order valence-corrected chi connectivity index (χ3v) is 3.22. The van der Waals surface area contributed by atoms with E-state index in [0.717, 1.165) is 11.1 Å². The van der Waals surface area contributed by atoms with E-state index in [0.29, 0.717) is 23.6 Å². The number of quaternary nitrogens is 1. The van der Waals surface area contributed by atoms with Crippen LogP contribution in [0.15, 0.2) is 15.9 Å². The lowest BCUT2D eigenvalue weighted by molar-refractivity contribution is -0.378. The lowest BCUT2D eigenvalue weighted by atomic mass is 10.2. The van der Waals surface area contributed by atoms with E-state index >= 15 is 0 Å². The number of halogens is 1. The number of aromatic nitrogens is 4. The summed E-state index contributed by atoms with van der Waals surface area (Å²) < 4.78 is 4.30. The summed E-state index contributed by atoms with van der Waals surface area (Å²) in [5, 5.41) is 0. The molecule has 0 spiro atoms. The minimum absolute atomic E-state index is 0. The van der Waals surface area contributed by atoms with Gasteiger partial charge >= 0.3 is 5.69 Å². The predicted molar refractivity (Wildman–Crippen MR) is 67.1 cm³/mol. The molecule has 2 aromatic rings. The Morgan fingerprint density at radius 3 is 2.53 bits per heavy atom. The van der Waals surface area contributed by atoms with E-state index in [2.05, 4.69) is 17.6 Å². The van der Waals surface area contributed by atoms with E-state index in [1.807, 2.05) is 0 Å². The van der Waals surface area contributed by atoms with Crippen molar-refractivity contribution < 1.29 is 18.1 Å². The number of rotatable bonds is 3. The first-order chi connectivity index (χ1) is 8.47. The van der Waals surface area contributed by atoms with Crippen molar-refractivity contribution in [1.29, 1.82) is 0 Å². The Morgan fingerprint density at radius 2 is 1.95 bits per heavy atom. The molecule has 0 bridgehead atoms. The van der Waals surface area contributed by atoms with Crippen LogP contribution >= 0.6 is 0 Å². The SMILES string of the molecule is CC(C[NH3+])Cn1cnc2c1c(=O)n(C)c(=O)n2C.[Cl-]. The molecule has 0 amide bonds. The van der Waals surface area contributed by atoms with Gasteiger partial charge in [0.2, 0.25) is 0 Å². The van der Waals surface area contributed by atoms with Gasteiger partial charge in [-0.05, 0) is 0 Å². The van der Waals surface area contributed by atoms with Crippen LogP contribution in [0.2, 0.25) is 0 Å². The summed E-state index contributed by atoms with van der Waals surface area (Å²) in [7, 11) is 3.10. The average Bonchev–Trinajstić information content (AvgIpc) is 2.77. The molecule has 3 N–H and O–H groups in total. The Kier molecular flexibility index (Phi) is 4.54. The topological polar surface area (TPSA) is 89.5 Å². The first kappa shape index (κ1) is 15.5. The predicted octanol–water partition coefficient (Wildman–Crippen LogP) is -4.68. The number of hydrogen-bond donors (Lipinski definition) is 1. The fourth-order valence-corrected chi connectivity index (χ4v) is 1.96. The highest BCUT2D eigenvalue weighted by Gasteiger charge is 2.15. The van der Waals surface area contributed by atoms with Crippen molar-refractivity contribution in [2.24, 2.45) is 20.0 Å². The lowest BCUT2D eigenvalue weighted by Crippen LogP contribution is -3.00. The molecule has 2 heterocycles. The summed E-state index contributed by atoms with van der Waals surface area (Å²) >= 11 is 0. The minimum Gasteiger partial charge on any atom is -1.00 e. The second-order valence-electron chi connectivity index (χ2n) is 4.67. The molecular weight excluding hydrogens is 270 g/mol. The van der Waals surface area contributed by atoms with Crippen LogP contribution < -0.4 is 29.4 Å². The molecule has 0 aliphatic heterocycles. The van der Waals surface area contributed by atoms with Gasteiger partial charge in [0.1, 0.15) is 0 Å². The van der Waals surface area contributed by atoms with Crippen LogP contribution in [0.4, 0.5) is 0 Å². The van der Waals surface area contributed by atoms with Crippen LogP contribution in [0.5, 0.6) is 0 Å². The quantitative estimate of drug-likeness (QED) is 0.615. The molecule has 106 valence electrons. The molecule has 0 fully saturated rings. The van der Waals surface area contributed by atoms with Gasteiger partial charge in [0.25, 0.3) is 5.56 Å². The summed E-state index contributed by atoms with van der Waals surface area (Å²) in [6.07, 6.45) is 1.61. The highest BCUT2D eigenvalue weighted by molar-refractivity contribution is 5.69. The van der Waals surface area contributed by atoms with Crippen molar-refractivity contribution in [2.45, 2.75) is 13.5 Å². The molecule has 0 aliphatic carbocycles. The van der Waals surface area contributed by atoms with Gasteiger partial charge in [-0.15, -0.1) is 0 Å². The first-order valence-corrected chi connectivity index (χ1v) is 5.87. The van der Waals surface area contributed by atoms with Gasteiger partial charge in [-0.1, -0.05) is 6.92 Å². The number of fused-ring (bicyclic) bond motifs is 1. The number of hydrogen-bond acceptors (Lipinski definition) is 3. The molecule has 19 heavy (non-hydrogen) atoms. The zero-order valence-electron chi connectivity index (χ0n) is 11.3. The minimum atomic E-state index is -0.358. The van der Waals surface area contributed by atoms with Crippen LogP contribution in [-0.2, 0) is 20.6 Å². The van der Waals surface area contributed by atoms with E-state index in [1.54, 1.807) is 17.9 Å². The van der Waals surface area contributed by atoms with E-state index in [9.17, 15) is 9.59 Å². The number of aryl methyl sites for hydroxylation is 1. The van der Waals surface area contributed by atoms with Gasteiger partial charge in [0, 0.05) is 26.6 Å². The monoisotopic (exact) mass is 287 g/mol. The van der Waals surface area contributed by atoms with E-state index in [-0.39, 0.29) is 23.7 Å². The molecular formula is C11H18ClN5O2. The van der Waals surface area contributed by atoms with E-state index < -0.39 is 0 Å². The van der Waals surface area contributed by atoms with Gasteiger partial charge in [-0.3, -0.25) is 13.9 Å². The van der Waals surface area contributed by atoms with Gasteiger partial charge in [-0.25, -0.2) is 9.78 Å². The van der Waals surface area contributed by atoms with Crippen molar-refractivity contribution in [3.05, 3.63) is 27.2 Å². The van der Waals surface area contributed by atoms with Crippen molar-refractivity contribution in [3.63, 3.8) is 0 Å². The molecule has 2 aromatic heterocycles. The Hall–Kier alpha value is -1.60. The fourth-order valence-electron chi connectivity index (χ4n) is 1.96. The zero-order valence-corrected chi connectivity index (χ0v) is 12.0. The van der Waals surface area contributed by atoms with Crippen LogP contribution in [0, 0.1) is 5.92 Å². The lowest BCUT2D eigenvalue weighted by Gasteiger charge is -2.09. The Labute approximate surface area is 116 Å². The standard InChI is InChI=1S/C11H17N5O2.ClH/c1-7(4-12)5-16-6-13-9-8(16)10(17)15(3)11(18)14(9)2;/h6-7H,4-5,12H2,1-3H3;1H. The van der Waals surface area contributed by atoms with Crippen LogP contribution in [0.25, 0.3) is 11.2 Å². The molecule has 7 nitrogen and oxygen atoms in total. The highest BCUT2D eigenvalue weighted by Crippen LogP contribution is 2.07. The van der Waals surface area contributed by atoms with Gasteiger partial charge in [0.15, 0.2) is 11.2 Å². The van der Waals surface area contributed by atoms with Crippen molar-refractivity contribution in [2.75, 3.05) is 6.54 Å². The summed E-state index contributed by atoms with van der Waals surface area (Å²) in [5.74, 6) is 0.351. The van der Waals surface area contributed by atoms with Crippen LogP contribution in [0.1, 0.15) is 6.92 Å². The van der Waals surface area contributed by atoms with Crippen molar-refractivity contribution in [1.82, 2.24) is 18.7 Å². The number of nitrogens with zero attached hydrogens (tertiary/aromatic N) is 4. The maximum absolute atomic E-state index is 12.1. The third-order valence-electron chi connectivity index (χ3n) is 3.22. The van der Waals surface area contributed by atoms with Gasteiger partial charge < -0.3 is 22.7 Å². The summed E-state index contributed by atoms with van der Waals surface area (Å²) in [4.78, 5) is 28.0. The van der Waals surface area contributed by atoms with Crippen molar-refractivity contribution >= 4 is 11.2 Å². The maximum Gasteiger partial charge on any atom is 0.332 e. The summed E-state index contributed by atoms with van der Waals surface area (Å²) in [6, 6.07) is 0. The molecule has 2 rings (SSSR count). The highest BCUT2D eigenvalue weighted by atomic mass is 35.5. The Bertz CT molecular complexity index is 699. The Morgan fingerprint density at radius 1 is 1.32 bits per heavy atom. The normalized spacial score (nSPS) is 12.4. The molecule has 0 saturated carbocycles. The van der Waals surface area contributed by atoms with Crippen LogP contribution in [0.3, 0.4) is 0 Å². The molecule has 1 atom stereocenters. The summed E-state index contributed by atoms with van der Waals surface area (Å²) in [5.41, 5.74) is 4.09.